The van der Waals surface area contributed by atoms with Gasteiger partial charge < -0.3 is 4.42 Å². The number of alkyl halides is 2. The molecular weight excluding hydrogens is 290 g/mol. The number of amides is 2. The van der Waals surface area contributed by atoms with Crippen molar-refractivity contribution < 1.29 is 22.8 Å². The Kier molecular flexibility index (Phi) is 5.13. The third-order valence-corrected chi connectivity index (χ3v) is 3.53. The number of imide groups is 1. The first-order valence-corrected chi connectivity index (χ1v) is 7.14. The van der Waals surface area contributed by atoms with Gasteiger partial charge in [0.2, 0.25) is 11.8 Å². The van der Waals surface area contributed by atoms with Crippen LogP contribution in [0.3, 0.4) is 0 Å². The molecule has 0 radical (unpaired) electrons. The summed E-state index contributed by atoms with van der Waals surface area (Å²) in [4.78, 5) is 22.5. The van der Waals surface area contributed by atoms with E-state index in [1.165, 1.54) is 0 Å². The molecule has 1 saturated heterocycles. The lowest BCUT2D eigenvalue weighted by Crippen LogP contribution is -2.50. The Morgan fingerprint density at radius 2 is 2.15 bits per heavy atom. The van der Waals surface area contributed by atoms with Gasteiger partial charge in [0.1, 0.15) is 11.5 Å². The minimum absolute atomic E-state index is 0.107. The van der Waals surface area contributed by atoms with Crippen LogP contribution in [0.4, 0.5) is 8.78 Å². The maximum atomic E-state index is 12.0. The Morgan fingerprint density at radius 3 is 2.85 bits per heavy atom. The summed E-state index contributed by atoms with van der Waals surface area (Å²) in [5.41, 5.74) is 0. The lowest BCUT2D eigenvalue weighted by atomic mass is 10.1. The minimum Gasteiger partial charge on any atom is -0.464 e. The number of rotatable bonds is 6. The fourth-order valence-electron chi connectivity index (χ4n) is 1.85. The van der Waals surface area contributed by atoms with Crippen LogP contribution in [0.2, 0.25) is 0 Å². The SMILES string of the molecule is O=C1CCC(NCc2ccc(CSC(F)F)o2)C(=O)N1. The summed E-state index contributed by atoms with van der Waals surface area (Å²) in [6.07, 6.45) is 0.747. The summed E-state index contributed by atoms with van der Waals surface area (Å²) in [6, 6.07) is 2.88. The van der Waals surface area contributed by atoms with Crippen molar-refractivity contribution in [3.8, 4) is 0 Å². The lowest BCUT2D eigenvalue weighted by Gasteiger charge is -2.21. The Morgan fingerprint density at radius 1 is 1.40 bits per heavy atom. The van der Waals surface area contributed by atoms with Gasteiger partial charge in [-0.15, -0.1) is 0 Å². The van der Waals surface area contributed by atoms with Crippen molar-refractivity contribution in [3.63, 3.8) is 0 Å². The number of piperidine rings is 1. The summed E-state index contributed by atoms with van der Waals surface area (Å²) in [7, 11) is 0. The standard InChI is InChI=1S/C12H14F2N2O3S/c13-12(14)20-6-8-2-1-7(19-8)5-15-9-3-4-10(17)16-11(9)18/h1-2,9,12,15H,3-6H2,(H,16,17,18). The molecule has 1 aromatic rings. The van der Waals surface area contributed by atoms with Crippen molar-refractivity contribution >= 4 is 23.6 Å². The summed E-state index contributed by atoms with van der Waals surface area (Å²) in [5, 5.41) is 5.22. The van der Waals surface area contributed by atoms with Gasteiger partial charge in [-0.25, -0.2) is 0 Å². The number of carbonyl (C=O) groups is 2. The van der Waals surface area contributed by atoms with Crippen LogP contribution in [0.25, 0.3) is 0 Å². The smallest absolute Gasteiger partial charge is 0.284 e. The van der Waals surface area contributed by atoms with Gasteiger partial charge in [-0.05, 0) is 18.6 Å². The molecule has 0 aromatic carbocycles. The van der Waals surface area contributed by atoms with E-state index in [9.17, 15) is 18.4 Å². The van der Waals surface area contributed by atoms with Crippen LogP contribution in [-0.2, 0) is 21.9 Å². The van der Waals surface area contributed by atoms with E-state index in [4.69, 9.17) is 4.42 Å². The molecule has 0 bridgehead atoms. The first kappa shape index (κ1) is 15.0. The Balaban J connectivity index is 1.79. The van der Waals surface area contributed by atoms with Gasteiger partial charge in [0.25, 0.3) is 5.76 Å². The Labute approximate surface area is 118 Å². The van der Waals surface area contributed by atoms with Crippen LogP contribution in [0.1, 0.15) is 24.4 Å². The van der Waals surface area contributed by atoms with Crippen LogP contribution in [0.15, 0.2) is 16.5 Å². The highest BCUT2D eigenvalue weighted by Crippen LogP contribution is 2.21. The predicted octanol–water partition coefficient (Wildman–Crippen LogP) is 1.63. The molecule has 1 unspecified atom stereocenters. The lowest BCUT2D eigenvalue weighted by molar-refractivity contribution is -0.134. The Bertz CT molecular complexity index is 493. The molecule has 2 amide bonds. The highest BCUT2D eigenvalue weighted by atomic mass is 32.2. The van der Waals surface area contributed by atoms with E-state index in [0.717, 1.165) is 0 Å². The number of thioether (sulfide) groups is 1. The molecular formula is C12H14F2N2O3S. The second-order valence-electron chi connectivity index (χ2n) is 4.32. The highest BCUT2D eigenvalue weighted by Gasteiger charge is 2.26. The van der Waals surface area contributed by atoms with E-state index in [-0.39, 0.29) is 17.6 Å². The highest BCUT2D eigenvalue weighted by molar-refractivity contribution is 7.98. The van der Waals surface area contributed by atoms with E-state index < -0.39 is 11.8 Å². The molecule has 20 heavy (non-hydrogen) atoms. The molecule has 5 nitrogen and oxygen atoms in total. The van der Waals surface area contributed by atoms with E-state index in [2.05, 4.69) is 10.6 Å². The molecule has 1 aromatic heterocycles. The number of hydrogen-bond acceptors (Lipinski definition) is 5. The number of furan rings is 1. The molecule has 2 heterocycles. The third kappa shape index (κ3) is 4.31. The van der Waals surface area contributed by atoms with E-state index in [1.54, 1.807) is 12.1 Å². The third-order valence-electron chi connectivity index (χ3n) is 2.83. The zero-order valence-corrected chi connectivity index (χ0v) is 11.3. The fourth-order valence-corrected chi connectivity index (χ4v) is 2.30. The van der Waals surface area contributed by atoms with Gasteiger partial charge >= 0.3 is 0 Å². The van der Waals surface area contributed by atoms with Crippen molar-refractivity contribution in [1.82, 2.24) is 10.6 Å². The van der Waals surface area contributed by atoms with Gasteiger partial charge in [-0.2, -0.15) is 8.78 Å². The van der Waals surface area contributed by atoms with Gasteiger partial charge in [0.15, 0.2) is 0 Å². The summed E-state index contributed by atoms with van der Waals surface area (Å²) in [5.74, 6) is -1.89. The monoisotopic (exact) mass is 304 g/mol. The second kappa shape index (κ2) is 6.85. The summed E-state index contributed by atoms with van der Waals surface area (Å²) in [6.45, 7) is 0.311. The topological polar surface area (TPSA) is 71.3 Å². The molecule has 2 N–H and O–H groups in total. The molecule has 110 valence electrons. The second-order valence-corrected chi connectivity index (χ2v) is 5.30. The zero-order valence-electron chi connectivity index (χ0n) is 10.5. The predicted molar refractivity (Wildman–Crippen MR) is 69.0 cm³/mol. The van der Waals surface area contributed by atoms with Crippen molar-refractivity contribution in [1.29, 1.82) is 0 Å². The van der Waals surface area contributed by atoms with Crippen molar-refractivity contribution in [3.05, 3.63) is 23.7 Å². The minimum atomic E-state index is -2.43. The fraction of sp³-hybridized carbons (Fsp3) is 0.500. The average Bonchev–Trinajstić information content (AvgIpc) is 2.83. The molecule has 0 saturated carbocycles. The first-order chi connectivity index (χ1) is 9.54. The molecule has 1 aliphatic heterocycles. The molecule has 1 aliphatic rings. The number of carbonyl (C=O) groups excluding carboxylic acids is 2. The summed E-state index contributed by atoms with van der Waals surface area (Å²) >= 11 is 0.495. The maximum absolute atomic E-state index is 12.0. The quantitative estimate of drug-likeness (QED) is 0.782. The van der Waals surface area contributed by atoms with E-state index in [1.807, 2.05) is 0 Å². The Hall–Kier alpha value is -1.41. The van der Waals surface area contributed by atoms with E-state index in [0.29, 0.717) is 42.7 Å². The maximum Gasteiger partial charge on any atom is 0.284 e. The first-order valence-electron chi connectivity index (χ1n) is 6.09. The normalized spacial score (nSPS) is 19.4. The van der Waals surface area contributed by atoms with Crippen LogP contribution in [0.5, 0.6) is 0 Å². The molecule has 1 fully saturated rings. The molecule has 2 rings (SSSR count). The van der Waals surface area contributed by atoms with Crippen LogP contribution >= 0.6 is 11.8 Å². The molecule has 8 heteroatoms. The summed E-state index contributed by atoms with van der Waals surface area (Å²) < 4.78 is 29.4. The van der Waals surface area contributed by atoms with Gasteiger partial charge in [-0.3, -0.25) is 20.2 Å². The zero-order chi connectivity index (χ0) is 14.5. The van der Waals surface area contributed by atoms with Gasteiger partial charge in [0, 0.05) is 6.42 Å². The van der Waals surface area contributed by atoms with Crippen molar-refractivity contribution in [2.24, 2.45) is 0 Å². The number of halogens is 2. The average molecular weight is 304 g/mol. The van der Waals surface area contributed by atoms with E-state index >= 15 is 0 Å². The molecule has 0 aliphatic carbocycles. The van der Waals surface area contributed by atoms with Gasteiger partial charge in [0.05, 0.1) is 18.3 Å². The van der Waals surface area contributed by atoms with Crippen LogP contribution in [-0.4, -0.2) is 23.6 Å². The van der Waals surface area contributed by atoms with Crippen LogP contribution < -0.4 is 10.6 Å². The van der Waals surface area contributed by atoms with Crippen LogP contribution in [0, 0.1) is 0 Å². The van der Waals surface area contributed by atoms with Crippen molar-refractivity contribution in [2.45, 2.75) is 36.9 Å². The number of hydrogen-bond donors (Lipinski definition) is 2. The molecule has 0 spiro atoms. The van der Waals surface area contributed by atoms with Gasteiger partial charge in [-0.1, -0.05) is 11.8 Å². The largest absolute Gasteiger partial charge is 0.464 e. The number of nitrogens with one attached hydrogen (secondary N) is 2. The molecule has 1 atom stereocenters. The van der Waals surface area contributed by atoms with Crippen molar-refractivity contribution in [2.75, 3.05) is 0 Å².